The molecule has 1 aliphatic heterocycles. The molecule has 2 rings (SSSR count). The first-order chi connectivity index (χ1) is 10.4. The number of carbonyl (C=O) groups excluding carboxylic acids is 3. The van der Waals surface area contributed by atoms with Gasteiger partial charge in [0, 0.05) is 12.8 Å². The van der Waals surface area contributed by atoms with Crippen LogP contribution in [0.3, 0.4) is 0 Å². The zero-order valence-corrected chi connectivity index (χ0v) is 13.1. The molecule has 0 saturated carbocycles. The van der Waals surface area contributed by atoms with Gasteiger partial charge in [-0.25, -0.2) is 9.69 Å². The molecule has 1 heterocycles. The van der Waals surface area contributed by atoms with Crippen molar-refractivity contribution < 1.29 is 14.4 Å². The fourth-order valence-corrected chi connectivity index (χ4v) is 2.67. The van der Waals surface area contributed by atoms with Crippen LogP contribution >= 0.6 is 0 Å². The molecule has 0 spiro atoms. The zero-order chi connectivity index (χ0) is 16.4. The number of hydrogen-bond donors (Lipinski definition) is 1. The van der Waals surface area contributed by atoms with E-state index in [1.165, 1.54) is 6.21 Å². The highest BCUT2D eigenvalue weighted by molar-refractivity contribution is 6.32. The van der Waals surface area contributed by atoms with Crippen molar-refractivity contribution in [3.63, 3.8) is 0 Å². The van der Waals surface area contributed by atoms with Crippen LogP contribution in [0.25, 0.3) is 0 Å². The van der Waals surface area contributed by atoms with Crippen LogP contribution < -0.4 is 10.2 Å². The van der Waals surface area contributed by atoms with E-state index < -0.39 is 23.8 Å². The van der Waals surface area contributed by atoms with Crippen LogP contribution in [0.2, 0.25) is 0 Å². The van der Waals surface area contributed by atoms with E-state index in [1.54, 1.807) is 6.92 Å². The second kappa shape index (κ2) is 6.09. The van der Waals surface area contributed by atoms with Crippen LogP contribution in [0.1, 0.15) is 23.6 Å². The summed E-state index contributed by atoms with van der Waals surface area (Å²) in [6.45, 7) is 7.89. The molecule has 1 N–H and O–H groups in total. The predicted octanol–water partition coefficient (Wildman–Crippen LogP) is 1.90. The Labute approximate surface area is 129 Å². The molecule has 1 aliphatic rings. The van der Waals surface area contributed by atoms with E-state index in [0.29, 0.717) is 12.2 Å². The number of nitrogens with zero attached hydrogens (tertiary/aromatic N) is 2. The largest absolute Gasteiger partial charge is 0.335 e. The minimum absolute atomic E-state index is 0.466. The summed E-state index contributed by atoms with van der Waals surface area (Å²) in [6, 6.07) is 3.08. The van der Waals surface area contributed by atoms with E-state index in [0.717, 1.165) is 21.6 Å². The molecule has 1 fully saturated rings. The number of amides is 4. The van der Waals surface area contributed by atoms with Crippen molar-refractivity contribution in [1.29, 1.82) is 0 Å². The number of imide groups is 2. The maximum absolute atomic E-state index is 12.6. The van der Waals surface area contributed by atoms with Gasteiger partial charge in [0.15, 0.2) is 5.92 Å². The molecule has 0 aromatic heterocycles. The molecule has 1 aromatic carbocycles. The van der Waals surface area contributed by atoms with E-state index in [-0.39, 0.29) is 0 Å². The van der Waals surface area contributed by atoms with Crippen molar-refractivity contribution in [2.45, 2.75) is 27.7 Å². The second-order valence-corrected chi connectivity index (χ2v) is 5.34. The van der Waals surface area contributed by atoms with Crippen molar-refractivity contribution in [2.24, 2.45) is 10.9 Å². The van der Waals surface area contributed by atoms with Crippen LogP contribution in [0.4, 0.5) is 10.5 Å². The molecule has 116 valence electrons. The number of urea groups is 1. The summed E-state index contributed by atoms with van der Waals surface area (Å²) in [7, 11) is 0. The fraction of sp³-hybridized carbons (Fsp3) is 0.375. The highest BCUT2D eigenvalue weighted by Crippen LogP contribution is 2.29. The van der Waals surface area contributed by atoms with Gasteiger partial charge in [-0.15, -0.1) is 0 Å². The van der Waals surface area contributed by atoms with Gasteiger partial charge in [0.2, 0.25) is 5.91 Å². The monoisotopic (exact) mass is 301 g/mol. The number of hydrogen-bond acceptors (Lipinski definition) is 4. The van der Waals surface area contributed by atoms with Crippen LogP contribution in [-0.2, 0) is 9.59 Å². The molecule has 1 unspecified atom stereocenters. The highest BCUT2D eigenvalue weighted by atomic mass is 16.2. The molecule has 0 aliphatic carbocycles. The first-order valence-corrected chi connectivity index (χ1v) is 7.13. The SMILES string of the molecule is CCN=CC1C(=O)NC(=O)N(c2c(C)cc(C)cc2C)C1=O. The molecular weight excluding hydrogens is 282 g/mol. The Kier molecular flexibility index (Phi) is 4.40. The molecule has 6 nitrogen and oxygen atoms in total. The van der Waals surface area contributed by atoms with E-state index >= 15 is 0 Å². The smallest absolute Gasteiger partial charge is 0.296 e. The average molecular weight is 301 g/mol. The van der Waals surface area contributed by atoms with Gasteiger partial charge in [0.1, 0.15) is 0 Å². The number of carbonyl (C=O) groups is 3. The summed E-state index contributed by atoms with van der Waals surface area (Å²) in [5.41, 5.74) is 3.18. The summed E-state index contributed by atoms with van der Waals surface area (Å²) in [6.07, 6.45) is 1.30. The van der Waals surface area contributed by atoms with Crippen molar-refractivity contribution in [3.05, 3.63) is 28.8 Å². The van der Waals surface area contributed by atoms with Gasteiger partial charge in [-0.05, 0) is 38.8 Å². The molecule has 6 heteroatoms. The summed E-state index contributed by atoms with van der Waals surface area (Å²) < 4.78 is 0. The lowest BCUT2D eigenvalue weighted by Crippen LogP contribution is -2.59. The summed E-state index contributed by atoms with van der Waals surface area (Å²) in [5, 5.41) is 2.22. The van der Waals surface area contributed by atoms with Crippen LogP contribution in [-0.4, -0.2) is 30.6 Å². The topological polar surface area (TPSA) is 78.8 Å². The molecule has 4 amide bonds. The van der Waals surface area contributed by atoms with E-state index in [4.69, 9.17) is 0 Å². The first kappa shape index (κ1) is 15.9. The number of aliphatic imine (C=N–C) groups is 1. The van der Waals surface area contributed by atoms with E-state index in [2.05, 4.69) is 10.3 Å². The van der Waals surface area contributed by atoms with Gasteiger partial charge >= 0.3 is 6.03 Å². The van der Waals surface area contributed by atoms with Gasteiger partial charge in [-0.3, -0.25) is 19.9 Å². The zero-order valence-electron chi connectivity index (χ0n) is 13.1. The minimum atomic E-state index is -1.07. The van der Waals surface area contributed by atoms with E-state index in [9.17, 15) is 14.4 Å². The molecule has 1 saturated heterocycles. The van der Waals surface area contributed by atoms with Crippen molar-refractivity contribution >= 4 is 29.7 Å². The number of barbiturate groups is 1. The number of rotatable bonds is 3. The van der Waals surface area contributed by atoms with Crippen LogP contribution in [0.15, 0.2) is 17.1 Å². The summed E-state index contributed by atoms with van der Waals surface area (Å²) >= 11 is 0. The second-order valence-electron chi connectivity index (χ2n) is 5.34. The van der Waals surface area contributed by atoms with E-state index in [1.807, 2.05) is 32.9 Å². The third kappa shape index (κ3) is 2.77. The van der Waals surface area contributed by atoms with Gasteiger partial charge in [0.25, 0.3) is 5.91 Å². The maximum atomic E-state index is 12.6. The maximum Gasteiger partial charge on any atom is 0.335 e. The molecule has 22 heavy (non-hydrogen) atoms. The standard InChI is InChI=1S/C16H19N3O3/c1-5-17-8-12-14(20)18-16(22)19(15(12)21)13-10(3)6-9(2)7-11(13)4/h6-8,12H,5H2,1-4H3,(H,18,20,22). The number of benzene rings is 1. The molecule has 0 bridgehead atoms. The Bertz CT molecular complexity index is 656. The Balaban J connectivity index is 2.50. The lowest BCUT2D eigenvalue weighted by atomic mass is 10.0. The van der Waals surface area contributed by atoms with Crippen molar-refractivity contribution in [3.8, 4) is 0 Å². The third-order valence-corrected chi connectivity index (χ3v) is 3.50. The molecule has 1 atom stereocenters. The van der Waals surface area contributed by atoms with Crippen LogP contribution in [0.5, 0.6) is 0 Å². The normalized spacial score (nSPS) is 19.0. The third-order valence-electron chi connectivity index (χ3n) is 3.50. The number of aryl methyl sites for hydroxylation is 3. The minimum Gasteiger partial charge on any atom is -0.296 e. The molecular formula is C16H19N3O3. The van der Waals surface area contributed by atoms with Crippen molar-refractivity contribution in [1.82, 2.24) is 5.32 Å². The lowest BCUT2D eigenvalue weighted by molar-refractivity contribution is -0.131. The Morgan fingerprint density at radius 3 is 2.32 bits per heavy atom. The van der Waals surface area contributed by atoms with Crippen LogP contribution in [0, 0.1) is 26.7 Å². The summed E-state index contributed by atoms with van der Waals surface area (Å²) in [5.74, 6) is -2.27. The van der Waals surface area contributed by atoms with Crippen molar-refractivity contribution in [2.75, 3.05) is 11.4 Å². The fourth-order valence-electron chi connectivity index (χ4n) is 2.67. The number of nitrogens with one attached hydrogen (secondary N) is 1. The average Bonchev–Trinajstić information content (AvgIpc) is 2.41. The molecule has 1 aromatic rings. The Hall–Kier alpha value is -2.50. The predicted molar refractivity (Wildman–Crippen MR) is 84.2 cm³/mol. The van der Waals surface area contributed by atoms with Gasteiger partial charge < -0.3 is 0 Å². The first-order valence-electron chi connectivity index (χ1n) is 7.13. The molecule has 0 radical (unpaired) electrons. The van der Waals surface area contributed by atoms with Gasteiger partial charge in [0.05, 0.1) is 5.69 Å². The Morgan fingerprint density at radius 2 is 1.77 bits per heavy atom. The quantitative estimate of drug-likeness (QED) is 0.684. The summed E-state index contributed by atoms with van der Waals surface area (Å²) in [4.78, 5) is 41.6. The lowest BCUT2D eigenvalue weighted by Gasteiger charge is -2.30. The number of anilines is 1. The van der Waals surface area contributed by atoms with Gasteiger partial charge in [-0.2, -0.15) is 0 Å². The Morgan fingerprint density at radius 1 is 1.18 bits per heavy atom. The van der Waals surface area contributed by atoms with Gasteiger partial charge in [-0.1, -0.05) is 17.7 Å². The highest BCUT2D eigenvalue weighted by Gasteiger charge is 2.41.